The highest BCUT2D eigenvalue weighted by atomic mass is 32.2. The first-order chi connectivity index (χ1) is 10.9. The summed E-state index contributed by atoms with van der Waals surface area (Å²) in [5, 5.41) is 8.16. The van der Waals surface area contributed by atoms with Gasteiger partial charge < -0.3 is 10.2 Å². The summed E-state index contributed by atoms with van der Waals surface area (Å²) in [5.74, 6) is 0.494. The molecule has 1 aliphatic carbocycles. The van der Waals surface area contributed by atoms with Gasteiger partial charge in [-0.1, -0.05) is 30.3 Å². The van der Waals surface area contributed by atoms with Crippen LogP contribution in [-0.2, 0) is 10.0 Å². The maximum Gasteiger partial charge on any atom is 0.317 e. The third kappa shape index (κ3) is 4.45. The molecule has 3 rings (SSSR count). The summed E-state index contributed by atoms with van der Waals surface area (Å²) < 4.78 is 22.2. The summed E-state index contributed by atoms with van der Waals surface area (Å²) >= 11 is 0. The van der Waals surface area contributed by atoms with Crippen molar-refractivity contribution in [2.24, 2.45) is 11.1 Å². The van der Waals surface area contributed by atoms with Gasteiger partial charge in [-0.3, -0.25) is 0 Å². The molecule has 7 heteroatoms. The molecule has 1 heterocycles. The average Bonchev–Trinajstić information content (AvgIpc) is 3.26. The number of piperidine rings is 1. The van der Waals surface area contributed by atoms with E-state index in [0.29, 0.717) is 31.8 Å². The molecule has 2 fully saturated rings. The number of rotatable bonds is 4. The maximum absolute atomic E-state index is 12.3. The predicted molar refractivity (Wildman–Crippen MR) is 88.4 cm³/mol. The third-order valence-corrected chi connectivity index (χ3v) is 5.63. The van der Waals surface area contributed by atoms with E-state index in [4.69, 9.17) is 5.14 Å². The smallest absolute Gasteiger partial charge is 0.317 e. The Balaban J connectivity index is 1.44. The molecule has 2 amide bonds. The third-order valence-electron chi connectivity index (χ3n) is 4.70. The lowest BCUT2D eigenvalue weighted by atomic mass is 9.99. The van der Waals surface area contributed by atoms with Crippen molar-refractivity contribution in [2.75, 3.05) is 18.8 Å². The zero-order valence-electron chi connectivity index (χ0n) is 13.0. The first-order valence-electron chi connectivity index (χ1n) is 8.03. The summed E-state index contributed by atoms with van der Waals surface area (Å²) in [5.41, 5.74) is 1.27. The lowest BCUT2D eigenvalue weighted by Gasteiger charge is -2.31. The van der Waals surface area contributed by atoms with E-state index >= 15 is 0 Å². The molecule has 6 nitrogen and oxygen atoms in total. The minimum Gasteiger partial charge on any atom is -0.335 e. The fourth-order valence-electron chi connectivity index (χ4n) is 3.30. The van der Waals surface area contributed by atoms with Crippen LogP contribution in [0.5, 0.6) is 0 Å². The number of amides is 2. The van der Waals surface area contributed by atoms with Crippen LogP contribution in [0.1, 0.15) is 30.7 Å². The van der Waals surface area contributed by atoms with Crippen LogP contribution in [0.25, 0.3) is 0 Å². The van der Waals surface area contributed by atoms with Crippen LogP contribution in [0.15, 0.2) is 30.3 Å². The Hall–Kier alpha value is -1.60. The Morgan fingerprint density at radius 2 is 1.87 bits per heavy atom. The molecular formula is C16H23N3O3S. The molecule has 1 aromatic carbocycles. The fraction of sp³-hybridized carbons (Fsp3) is 0.562. The minimum atomic E-state index is -3.43. The standard InChI is InChI=1S/C16H23N3O3S/c17-23(21,22)11-12-6-8-19(9-7-12)16(20)18-15-10-14(15)13-4-2-1-3-5-13/h1-5,12,14-15H,6-11H2,(H,18,20)(H2,17,21,22)/t14-,15+/m0/s1. The molecule has 2 aliphatic rings. The predicted octanol–water partition coefficient (Wildman–Crippen LogP) is 1.25. The second-order valence-electron chi connectivity index (χ2n) is 6.57. The maximum atomic E-state index is 12.3. The highest BCUT2D eigenvalue weighted by Crippen LogP contribution is 2.40. The number of benzene rings is 1. The van der Waals surface area contributed by atoms with Crippen LogP contribution in [0.2, 0.25) is 0 Å². The van der Waals surface area contributed by atoms with Gasteiger partial charge in [0.25, 0.3) is 0 Å². The first kappa shape index (κ1) is 16.3. The zero-order valence-corrected chi connectivity index (χ0v) is 13.8. The first-order valence-corrected chi connectivity index (χ1v) is 9.75. The van der Waals surface area contributed by atoms with Gasteiger partial charge >= 0.3 is 6.03 Å². The number of nitrogens with two attached hydrogens (primary N) is 1. The molecule has 3 N–H and O–H groups in total. The topological polar surface area (TPSA) is 92.5 Å². The Bertz CT molecular complexity index is 654. The van der Waals surface area contributed by atoms with Crippen molar-refractivity contribution in [3.63, 3.8) is 0 Å². The number of urea groups is 1. The highest BCUT2D eigenvalue weighted by molar-refractivity contribution is 7.89. The second kappa shape index (κ2) is 6.49. The summed E-state index contributed by atoms with van der Waals surface area (Å²) in [4.78, 5) is 14.1. The van der Waals surface area contributed by atoms with E-state index in [1.165, 1.54) is 5.56 Å². The Labute approximate surface area is 137 Å². The van der Waals surface area contributed by atoms with E-state index in [-0.39, 0.29) is 23.7 Å². The van der Waals surface area contributed by atoms with E-state index in [2.05, 4.69) is 17.4 Å². The molecule has 1 aromatic rings. The van der Waals surface area contributed by atoms with E-state index in [0.717, 1.165) is 6.42 Å². The molecule has 23 heavy (non-hydrogen) atoms. The summed E-state index contributed by atoms with van der Waals surface area (Å²) in [6, 6.07) is 10.4. The number of likely N-dealkylation sites (tertiary alicyclic amines) is 1. The lowest BCUT2D eigenvalue weighted by molar-refractivity contribution is 0.174. The largest absolute Gasteiger partial charge is 0.335 e. The number of nitrogens with zero attached hydrogens (tertiary/aromatic N) is 1. The van der Waals surface area contributed by atoms with Crippen LogP contribution in [0.4, 0.5) is 4.79 Å². The zero-order chi connectivity index (χ0) is 16.4. The van der Waals surface area contributed by atoms with Gasteiger partial charge in [0, 0.05) is 25.0 Å². The van der Waals surface area contributed by atoms with Gasteiger partial charge in [0.05, 0.1) is 5.75 Å². The van der Waals surface area contributed by atoms with E-state index < -0.39 is 10.0 Å². The van der Waals surface area contributed by atoms with Crippen LogP contribution in [0.3, 0.4) is 0 Å². The molecule has 0 aromatic heterocycles. The molecule has 2 atom stereocenters. The Morgan fingerprint density at radius 3 is 2.48 bits per heavy atom. The lowest BCUT2D eigenvalue weighted by Crippen LogP contribution is -2.46. The molecule has 0 radical (unpaired) electrons. The SMILES string of the molecule is NS(=O)(=O)CC1CCN(C(=O)N[C@@H]2C[C@H]2c2ccccc2)CC1. The number of sulfonamides is 1. The monoisotopic (exact) mass is 337 g/mol. The van der Waals surface area contributed by atoms with Crippen LogP contribution in [0, 0.1) is 5.92 Å². The van der Waals surface area contributed by atoms with Crippen LogP contribution < -0.4 is 10.5 Å². The summed E-state index contributed by atoms with van der Waals surface area (Å²) in [7, 11) is -3.43. The number of nitrogens with one attached hydrogen (secondary N) is 1. The molecule has 1 aliphatic heterocycles. The molecular weight excluding hydrogens is 314 g/mol. The van der Waals surface area contributed by atoms with Gasteiger partial charge in [0.15, 0.2) is 0 Å². The van der Waals surface area contributed by atoms with Gasteiger partial charge in [-0.2, -0.15) is 0 Å². The number of carbonyl (C=O) groups excluding carboxylic acids is 1. The molecule has 126 valence electrons. The average molecular weight is 337 g/mol. The summed E-state index contributed by atoms with van der Waals surface area (Å²) in [6.07, 6.45) is 2.37. The molecule has 0 unspecified atom stereocenters. The number of carbonyl (C=O) groups is 1. The van der Waals surface area contributed by atoms with Gasteiger partial charge in [0.1, 0.15) is 0 Å². The normalized spacial score (nSPS) is 25.2. The van der Waals surface area contributed by atoms with E-state index in [9.17, 15) is 13.2 Å². The minimum absolute atomic E-state index is 0.0150. The van der Waals surface area contributed by atoms with Gasteiger partial charge in [0.2, 0.25) is 10.0 Å². The van der Waals surface area contributed by atoms with Crippen LogP contribution in [-0.4, -0.2) is 44.2 Å². The van der Waals surface area contributed by atoms with Crippen molar-refractivity contribution >= 4 is 16.1 Å². The molecule has 0 bridgehead atoms. The number of hydrogen-bond acceptors (Lipinski definition) is 3. The van der Waals surface area contributed by atoms with Crippen molar-refractivity contribution in [1.82, 2.24) is 10.2 Å². The quantitative estimate of drug-likeness (QED) is 0.866. The van der Waals surface area contributed by atoms with Gasteiger partial charge in [-0.15, -0.1) is 0 Å². The van der Waals surface area contributed by atoms with Crippen molar-refractivity contribution < 1.29 is 13.2 Å². The van der Waals surface area contributed by atoms with Crippen molar-refractivity contribution in [3.8, 4) is 0 Å². The highest BCUT2D eigenvalue weighted by Gasteiger charge is 2.40. The Kier molecular flexibility index (Phi) is 4.59. The van der Waals surface area contributed by atoms with E-state index in [1.807, 2.05) is 18.2 Å². The molecule has 1 saturated heterocycles. The molecule has 1 saturated carbocycles. The molecule has 0 spiro atoms. The van der Waals surface area contributed by atoms with E-state index in [1.54, 1.807) is 4.90 Å². The van der Waals surface area contributed by atoms with Crippen molar-refractivity contribution in [2.45, 2.75) is 31.2 Å². The number of hydrogen-bond donors (Lipinski definition) is 2. The summed E-state index contributed by atoms with van der Waals surface area (Å²) in [6.45, 7) is 1.18. The second-order valence-corrected chi connectivity index (χ2v) is 8.23. The van der Waals surface area contributed by atoms with Crippen molar-refractivity contribution in [1.29, 1.82) is 0 Å². The van der Waals surface area contributed by atoms with Crippen LogP contribution >= 0.6 is 0 Å². The fourth-order valence-corrected chi connectivity index (χ4v) is 4.29. The van der Waals surface area contributed by atoms with Gasteiger partial charge in [-0.25, -0.2) is 18.4 Å². The van der Waals surface area contributed by atoms with Gasteiger partial charge in [-0.05, 0) is 30.7 Å². The number of primary sulfonamides is 1. The Morgan fingerprint density at radius 1 is 1.22 bits per heavy atom. The van der Waals surface area contributed by atoms with Crippen molar-refractivity contribution in [3.05, 3.63) is 35.9 Å².